The van der Waals surface area contributed by atoms with Crippen LogP contribution in [-0.4, -0.2) is 78.7 Å². The normalized spacial score (nSPS) is 19.4. The molecule has 8 heteroatoms. The molecular weight excluding hydrogens is 508 g/mol. The molecule has 0 aliphatic carbocycles. The fraction of sp³-hybridized carbons (Fsp3) is 0.500. The van der Waals surface area contributed by atoms with Gasteiger partial charge in [-0.15, -0.1) is 0 Å². The lowest BCUT2D eigenvalue weighted by Crippen LogP contribution is -2.38. The maximum absolute atomic E-state index is 13.5. The molecule has 1 N–H and O–H groups in total. The van der Waals surface area contributed by atoms with Gasteiger partial charge in [-0.3, -0.25) is 14.5 Å². The Bertz CT molecular complexity index is 1200. The number of rotatable bonds is 12. The largest absolute Gasteiger partial charge is 0.507 e. The molecule has 0 saturated carbocycles. The highest BCUT2D eigenvalue weighted by molar-refractivity contribution is 6.46. The number of morpholine rings is 1. The lowest BCUT2D eigenvalue weighted by Gasteiger charge is -2.29. The van der Waals surface area contributed by atoms with Crippen LogP contribution in [-0.2, 0) is 14.3 Å². The van der Waals surface area contributed by atoms with Crippen LogP contribution in [0.1, 0.15) is 62.8 Å². The van der Waals surface area contributed by atoms with Gasteiger partial charge in [-0.25, -0.2) is 0 Å². The van der Waals surface area contributed by atoms with Gasteiger partial charge in [-0.05, 0) is 75.1 Å². The SMILES string of the molecule is CCCCOc1ccc(C2/C(=C(\O)c3ccc(OC(C)C)cc3C)C(=O)C(=O)N2CCCN2CCOCC2)cc1. The van der Waals surface area contributed by atoms with Crippen molar-refractivity contribution >= 4 is 17.4 Å². The van der Waals surface area contributed by atoms with E-state index in [4.69, 9.17) is 14.2 Å². The average molecular weight is 551 g/mol. The van der Waals surface area contributed by atoms with E-state index in [2.05, 4.69) is 11.8 Å². The second-order valence-electron chi connectivity index (χ2n) is 10.7. The molecule has 2 heterocycles. The number of hydrogen-bond acceptors (Lipinski definition) is 7. The first-order valence-corrected chi connectivity index (χ1v) is 14.4. The lowest BCUT2D eigenvalue weighted by atomic mass is 9.93. The fourth-order valence-electron chi connectivity index (χ4n) is 5.22. The van der Waals surface area contributed by atoms with E-state index in [1.807, 2.05) is 51.1 Å². The number of hydrogen-bond donors (Lipinski definition) is 1. The predicted molar refractivity (Wildman–Crippen MR) is 155 cm³/mol. The third-order valence-corrected chi connectivity index (χ3v) is 7.30. The summed E-state index contributed by atoms with van der Waals surface area (Å²) in [4.78, 5) is 30.7. The van der Waals surface area contributed by atoms with Crippen molar-refractivity contribution in [3.63, 3.8) is 0 Å². The van der Waals surface area contributed by atoms with Crippen LogP contribution in [0.25, 0.3) is 5.76 Å². The van der Waals surface area contributed by atoms with Crippen LogP contribution in [0, 0.1) is 6.92 Å². The smallest absolute Gasteiger partial charge is 0.295 e. The second-order valence-corrected chi connectivity index (χ2v) is 10.7. The number of aliphatic hydroxyl groups is 1. The fourth-order valence-corrected chi connectivity index (χ4v) is 5.22. The zero-order chi connectivity index (χ0) is 28.6. The van der Waals surface area contributed by atoms with Crippen LogP contribution in [0.2, 0.25) is 0 Å². The number of Topliss-reactive ketones (excluding diaryl/α,β-unsaturated/α-hetero) is 1. The van der Waals surface area contributed by atoms with Gasteiger partial charge in [0.15, 0.2) is 0 Å². The number of unbranched alkanes of at least 4 members (excludes halogenated alkanes) is 1. The Balaban J connectivity index is 1.66. The van der Waals surface area contributed by atoms with Crippen molar-refractivity contribution in [3.05, 3.63) is 64.7 Å². The van der Waals surface area contributed by atoms with E-state index < -0.39 is 17.7 Å². The van der Waals surface area contributed by atoms with Crippen LogP contribution >= 0.6 is 0 Å². The summed E-state index contributed by atoms with van der Waals surface area (Å²) in [6.07, 6.45) is 2.73. The number of carbonyl (C=O) groups is 2. The van der Waals surface area contributed by atoms with Gasteiger partial charge in [0.25, 0.3) is 11.7 Å². The van der Waals surface area contributed by atoms with E-state index in [1.165, 1.54) is 0 Å². The van der Waals surface area contributed by atoms with Crippen molar-refractivity contribution in [2.24, 2.45) is 0 Å². The number of aliphatic hydroxyl groups excluding tert-OH is 1. The molecule has 2 fully saturated rings. The molecular formula is C32H42N2O6. The Labute approximate surface area is 237 Å². The first-order chi connectivity index (χ1) is 19.3. The van der Waals surface area contributed by atoms with Gasteiger partial charge in [0.2, 0.25) is 0 Å². The van der Waals surface area contributed by atoms with Crippen LogP contribution in [0.3, 0.4) is 0 Å². The Morgan fingerprint density at radius 2 is 1.73 bits per heavy atom. The third kappa shape index (κ3) is 7.04. The molecule has 8 nitrogen and oxygen atoms in total. The minimum absolute atomic E-state index is 0.00978. The standard InChI is InChI=1S/C32H42N2O6/c1-5-6-18-39-25-10-8-24(9-11-25)29-28(30(35)27-13-12-26(21-23(27)4)40-22(2)3)31(36)32(37)34(29)15-7-14-33-16-19-38-20-17-33/h8-13,21-22,29,35H,5-7,14-20H2,1-4H3/b30-28+. The molecule has 1 amide bonds. The maximum atomic E-state index is 13.5. The molecule has 0 bridgehead atoms. The van der Waals surface area contributed by atoms with Gasteiger partial charge in [0, 0.05) is 31.7 Å². The summed E-state index contributed by atoms with van der Waals surface area (Å²) in [5, 5.41) is 11.5. The minimum Gasteiger partial charge on any atom is -0.507 e. The summed E-state index contributed by atoms with van der Waals surface area (Å²) in [5.41, 5.74) is 2.13. The van der Waals surface area contributed by atoms with Crippen molar-refractivity contribution < 1.29 is 28.9 Å². The molecule has 1 atom stereocenters. The molecule has 2 saturated heterocycles. The molecule has 2 aliphatic rings. The number of likely N-dealkylation sites (tertiary alicyclic amines) is 1. The summed E-state index contributed by atoms with van der Waals surface area (Å²) in [5.74, 6) is -0.00922. The van der Waals surface area contributed by atoms with Crippen LogP contribution < -0.4 is 9.47 Å². The third-order valence-electron chi connectivity index (χ3n) is 7.30. The maximum Gasteiger partial charge on any atom is 0.295 e. The summed E-state index contributed by atoms with van der Waals surface area (Å²) in [7, 11) is 0. The van der Waals surface area contributed by atoms with E-state index in [9.17, 15) is 14.7 Å². The molecule has 2 aromatic carbocycles. The van der Waals surface area contributed by atoms with Crippen molar-refractivity contribution in [3.8, 4) is 11.5 Å². The molecule has 2 aliphatic heterocycles. The monoisotopic (exact) mass is 550 g/mol. The number of nitrogens with zero attached hydrogens (tertiary/aromatic N) is 2. The Kier molecular flexibility index (Phi) is 10.2. The highest BCUT2D eigenvalue weighted by Gasteiger charge is 2.46. The van der Waals surface area contributed by atoms with Crippen LogP contribution in [0.15, 0.2) is 48.0 Å². The zero-order valence-corrected chi connectivity index (χ0v) is 24.2. The number of aryl methyl sites for hydroxylation is 1. The molecule has 216 valence electrons. The molecule has 0 radical (unpaired) electrons. The van der Waals surface area contributed by atoms with Crippen LogP contribution in [0.4, 0.5) is 0 Å². The van der Waals surface area contributed by atoms with E-state index >= 15 is 0 Å². The number of ether oxygens (including phenoxy) is 3. The Morgan fingerprint density at radius 1 is 1.02 bits per heavy atom. The average Bonchev–Trinajstić information content (AvgIpc) is 3.19. The summed E-state index contributed by atoms with van der Waals surface area (Å²) in [6, 6.07) is 12.2. The van der Waals surface area contributed by atoms with E-state index in [0.29, 0.717) is 44.1 Å². The quantitative estimate of drug-likeness (QED) is 0.170. The molecule has 4 rings (SSSR count). The first kappa shape index (κ1) is 29.6. The van der Waals surface area contributed by atoms with Crippen molar-refractivity contribution in [1.82, 2.24) is 9.80 Å². The van der Waals surface area contributed by atoms with Gasteiger partial charge in [-0.1, -0.05) is 25.5 Å². The van der Waals surface area contributed by atoms with E-state index in [0.717, 1.165) is 49.4 Å². The Morgan fingerprint density at radius 3 is 2.38 bits per heavy atom. The van der Waals surface area contributed by atoms with Gasteiger partial charge < -0.3 is 24.2 Å². The molecule has 1 unspecified atom stereocenters. The minimum atomic E-state index is -0.694. The van der Waals surface area contributed by atoms with Crippen LogP contribution in [0.5, 0.6) is 11.5 Å². The van der Waals surface area contributed by atoms with Crippen molar-refractivity contribution in [2.75, 3.05) is 46.0 Å². The van der Waals surface area contributed by atoms with Gasteiger partial charge in [0.05, 0.1) is 37.5 Å². The van der Waals surface area contributed by atoms with Gasteiger partial charge >= 0.3 is 0 Å². The molecule has 2 aromatic rings. The van der Waals surface area contributed by atoms with E-state index in [1.54, 1.807) is 17.0 Å². The summed E-state index contributed by atoms with van der Waals surface area (Å²) in [6.45, 7) is 12.8. The number of benzene rings is 2. The van der Waals surface area contributed by atoms with Crippen molar-refractivity contribution in [1.29, 1.82) is 0 Å². The predicted octanol–water partition coefficient (Wildman–Crippen LogP) is 5.11. The van der Waals surface area contributed by atoms with E-state index in [-0.39, 0.29) is 17.4 Å². The van der Waals surface area contributed by atoms with Gasteiger partial charge in [0.1, 0.15) is 17.3 Å². The molecule has 0 aromatic heterocycles. The summed E-state index contributed by atoms with van der Waals surface area (Å²) >= 11 is 0. The zero-order valence-electron chi connectivity index (χ0n) is 24.2. The second kappa shape index (κ2) is 13.8. The first-order valence-electron chi connectivity index (χ1n) is 14.4. The lowest BCUT2D eigenvalue weighted by molar-refractivity contribution is -0.140. The molecule has 40 heavy (non-hydrogen) atoms. The Hall–Kier alpha value is -3.36. The number of amides is 1. The topological polar surface area (TPSA) is 88.5 Å². The molecule has 0 spiro atoms. The summed E-state index contributed by atoms with van der Waals surface area (Å²) < 4.78 is 17.1. The number of ketones is 1. The van der Waals surface area contributed by atoms with Crippen molar-refractivity contribution in [2.45, 2.75) is 59.1 Å². The number of carbonyl (C=O) groups excluding carboxylic acids is 2. The highest BCUT2D eigenvalue weighted by Crippen LogP contribution is 2.40. The van der Waals surface area contributed by atoms with Gasteiger partial charge in [-0.2, -0.15) is 0 Å². The highest BCUT2D eigenvalue weighted by atomic mass is 16.5.